The number of aromatic amines is 2. The molecule has 8 fully saturated rings. The first-order valence-electron chi connectivity index (χ1n) is 22.8. The number of hydrogen-bond donors (Lipinski definition) is 4. The normalized spacial score (nSPS) is 34.1. The number of ether oxygens (including phenoxy) is 2. The lowest BCUT2D eigenvalue weighted by molar-refractivity contribution is -0.146. The van der Waals surface area contributed by atoms with Crippen LogP contribution in [0, 0.1) is 47.3 Å². The number of nitrogens with two attached hydrogens (primary N) is 1. The monoisotopic (exact) mass is 930 g/mol. The summed E-state index contributed by atoms with van der Waals surface area (Å²) in [5.74, 6) is -8.51. The standard InChI is InChI=1S/C47H47ClF4N8O6/c1-65-45(64)57-37(25-10-27-28(11-25)46(27,49)50)42(61)59-32-14-24(32)17-35(59)41-56-36(39(48)58-41)22-8-4-20(5-9-22)19-2-6-21(7-3-19)31-18-54-40(55-31)34-16-23-15-33(23)60(34)43(62)38(66-44(53)63)26-12-29-30(13-26)47(29,51)52/h2-9,18,23-30,32-35,37-38H,10-17H2,1H3,(H2,53,63)(H,54,55)(H,56,58)(H,57,64)/t23-,24-,25?,26?,27-,28+,29-,30+,32-,33-,34+,35+,37?,38?/m1/s1. The number of imidazole rings is 2. The molecule has 4 aromatic rings. The molecule has 4 unspecified atom stereocenters. The summed E-state index contributed by atoms with van der Waals surface area (Å²) in [6, 6.07) is 13.8. The number of benzene rings is 2. The average molecular weight is 931 g/mol. The zero-order chi connectivity index (χ0) is 45.7. The van der Waals surface area contributed by atoms with Gasteiger partial charge in [-0.25, -0.2) is 37.1 Å². The van der Waals surface area contributed by atoms with E-state index in [9.17, 15) is 36.7 Å². The highest BCUT2D eigenvalue weighted by molar-refractivity contribution is 6.32. The molecular weight excluding hydrogens is 884 g/mol. The smallest absolute Gasteiger partial charge is 0.407 e. The zero-order valence-corrected chi connectivity index (χ0v) is 36.4. The number of halogens is 5. The maximum absolute atomic E-state index is 14.3. The number of methoxy groups -OCH3 is 1. The molecule has 14 atom stereocenters. The number of carbonyl (C=O) groups excluding carboxylic acids is 4. The minimum Gasteiger partial charge on any atom is -0.453 e. The molecule has 4 heterocycles. The molecule has 2 aliphatic heterocycles. The van der Waals surface area contributed by atoms with E-state index >= 15 is 0 Å². The van der Waals surface area contributed by atoms with E-state index in [1.165, 1.54) is 7.11 Å². The van der Waals surface area contributed by atoms with E-state index in [1.54, 1.807) is 16.0 Å². The van der Waals surface area contributed by atoms with Crippen LogP contribution in [0.4, 0.5) is 27.2 Å². The highest BCUT2D eigenvalue weighted by Gasteiger charge is 2.74. The van der Waals surface area contributed by atoms with Gasteiger partial charge in [-0.3, -0.25) is 9.59 Å². The molecule has 4 amide bonds. The van der Waals surface area contributed by atoms with Crippen molar-refractivity contribution in [3.05, 3.63) is 71.5 Å². The molecule has 12 rings (SSSR count). The van der Waals surface area contributed by atoms with Gasteiger partial charge < -0.3 is 40.3 Å². The molecule has 14 nitrogen and oxygen atoms in total. The minimum atomic E-state index is -2.72. The Balaban J connectivity index is 0.719. The number of piperidine rings is 2. The third-order valence-corrected chi connectivity index (χ3v) is 16.7. The number of nitrogens with zero attached hydrogens (tertiary/aromatic N) is 4. The highest BCUT2D eigenvalue weighted by Crippen LogP contribution is 2.68. The Kier molecular flexibility index (Phi) is 9.28. The molecule has 6 saturated carbocycles. The Morgan fingerprint density at radius 1 is 0.727 bits per heavy atom. The third kappa shape index (κ3) is 6.69. The van der Waals surface area contributed by atoms with Gasteiger partial charge in [0.25, 0.3) is 17.8 Å². The SMILES string of the molecule is COC(=O)NC(C(=O)N1[C@@H]2C[C@@H]2C[C@H]1c1nc(Cl)c(-c2ccc(-c3ccc(-c4c[nH]c([C@@H]5C[C@H]6C[C@H]6N5C(=O)C(OC(N)=O)C5C[C@@H]6[C@H](C5)C6(F)F)n4)cc3)cc2)[nH]1)C1C[C@@H]2[C@H](C1)C2(F)F. The highest BCUT2D eigenvalue weighted by atomic mass is 35.5. The van der Waals surface area contributed by atoms with E-state index in [0.717, 1.165) is 35.1 Å². The summed E-state index contributed by atoms with van der Waals surface area (Å²) < 4.78 is 66.5. The van der Waals surface area contributed by atoms with Crippen LogP contribution in [0.25, 0.3) is 33.6 Å². The van der Waals surface area contributed by atoms with Crippen molar-refractivity contribution in [1.82, 2.24) is 35.1 Å². The van der Waals surface area contributed by atoms with Gasteiger partial charge >= 0.3 is 12.2 Å². The van der Waals surface area contributed by atoms with Crippen LogP contribution in [0.15, 0.2) is 54.7 Å². The number of primary amides is 1. The van der Waals surface area contributed by atoms with Crippen molar-refractivity contribution in [3.63, 3.8) is 0 Å². The summed E-state index contributed by atoms with van der Waals surface area (Å²) in [7, 11) is 1.21. The molecule has 346 valence electrons. The molecule has 0 bridgehead atoms. The first-order chi connectivity index (χ1) is 31.6. The van der Waals surface area contributed by atoms with Crippen LogP contribution >= 0.6 is 11.6 Å². The minimum absolute atomic E-state index is 0.0324. The molecule has 66 heavy (non-hydrogen) atoms. The summed E-state index contributed by atoms with van der Waals surface area (Å²) >= 11 is 6.75. The fraction of sp³-hybridized carbons (Fsp3) is 0.532. The summed E-state index contributed by atoms with van der Waals surface area (Å²) in [5, 5.41) is 2.92. The summed E-state index contributed by atoms with van der Waals surface area (Å²) in [4.78, 5) is 72.3. The van der Waals surface area contributed by atoms with Gasteiger partial charge in [0.2, 0.25) is 5.91 Å². The summed E-state index contributed by atoms with van der Waals surface area (Å²) in [5.41, 5.74) is 10.2. The van der Waals surface area contributed by atoms with Crippen molar-refractivity contribution < 1.29 is 46.2 Å². The van der Waals surface area contributed by atoms with Crippen molar-refractivity contribution in [3.8, 4) is 33.6 Å². The molecule has 0 spiro atoms. The van der Waals surface area contributed by atoms with Crippen LogP contribution < -0.4 is 11.1 Å². The van der Waals surface area contributed by atoms with Gasteiger partial charge in [0.05, 0.1) is 30.6 Å². The van der Waals surface area contributed by atoms with Gasteiger partial charge in [-0.1, -0.05) is 60.1 Å². The van der Waals surface area contributed by atoms with Gasteiger partial charge in [-0.15, -0.1) is 0 Å². The average Bonchev–Trinajstić information content (AvgIpc) is 4.01. The van der Waals surface area contributed by atoms with Crippen LogP contribution in [-0.2, 0) is 19.1 Å². The molecule has 0 radical (unpaired) electrons. The Labute approximate surface area is 380 Å². The zero-order valence-electron chi connectivity index (χ0n) is 35.6. The van der Waals surface area contributed by atoms with Gasteiger partial charge in [-0.05, 0) is 80.2 Å². The number of likely N-dealkylation sites (tertiary alicyclic amines) is 2. The van der Waals surface area contributed by atoms with Crippen LogP contribution in [-0.4, -0.2) is 96.9 Å². The van der Waals surface area contributed by atoms with Gasteiger partial charge in [-0.2, -0.15) is 0 Å². The van der Waals surface area contributed by atoms with Crippen molar-refractivity contribution in [2.45, 2.75) is 99.5 Å². The molecule has 6 aliphatic carbocycles. The quantitative estimate of drug-likeness (QED) is 0.109. The number of H-pyrrole nitrogens is 2. The maximum Gasteiger partial charge on any atom is 0.407 e. The lowest BCUT2D eigenvalue weighted by Gasteiger charge is -2.33. The van der Waals surface area contributed by atoms with E-state index in [4.69, 9.17) is 31.8 Å². The number of amides is 4. The van der Waals surface area contributed by atoms with Crippen LogP contribution in [0.5, 0.6) is 0 Å². The number of hydrogen-bond acceptors (Lipinski definition) is 8. The number of fused-ring (bicyclic) bond motifs is 4. The van der Waals surface area contributed by atoms with Crippen LogP contribution in [0.2, 0.25) is 5.15 Å². The number of carbonyl (C=O) groups is 4. The summed E-state index contributed by atoms with van der Waals surface area (Å²) in [6.45, 7) is 0. The number of nitrogens with one attached hydrogen (secondary N) is 3. The molecular formula is C47H47ClF4N8O6. The lowest BCUT2D eigenvalue weighted by atomic mass is 9.92. The predicted molar refractivity (Wildman–Crippen MR) is 227 cm³/mol. The Hall–Kier alpha value is -5.65. The fourth-order valence-corrected chi connectivity index (χ4v) is 12.9. The number of alkyl halides is 4. The van der Waals surface area contributed by atoms with Gasteiger partial charge in [0.1, 0.15) is 17.7 Å². The number of aromatic nitrogens is 4. The van der Waals surface area contributed by atoms with E-state index < -0.39 is 83.6 Å². The molecule has 5 N–H and O–H groups in total. The van der Waals surface area contributed by atoms with E-state index in [0.29, 0.717) is 35.9 Å². The second kappa shape index (κ2) is 14.7. The molecule has 2 aromatic carbocycles. The van der Waals surface area contributed by atoms with Crippen molar-refractivity contribution >= 4 is 35.6 Å². The van der Waals surface area contributed by atoms with E-state index in [1.807, 2.05) is 48.5 Å². The second-order valence-corrected chi connectivity index (χ2v) is 20.3. The maximum atomic E-state index is 14.3. The van der Waals surface area contributed by atoms with Gasteiger partial charge in [0.15, 0.2) is 11.3 Å². The predicted octanol–water partition coefficient (Wildman–Crippen LogP) is 7.88. The summed E-state index contributed by atoms with van der Waals surface area (Å²) in [6.07, 6.45) is 2.25. The topological polar surface area (TPSA) is 189 Å². The third-order valence-electron chi connectivity index (χ3n) is 16.4. The van der Waals surface area contributed by atoms with Crippen molar-refractivity contribution in [2.24, 2.45) is 53.1 Å². The Bertz CT molecular complexity index is 2630. The Morgan fingerprint density at radius 3 is 1.80 bits per heavy atom. The fourth-order valence-electron chi connectivity index (χ4n) is 12.6. The lowest BCUT2D eigenvalue weighted by Crippen LogP contribution is -2.53. The van der Waals surface area contributed by atoms with E-state index in [2.05, 4.69) is 20.3 Å². The largest absolute Gasteiger partial charge is 0.453 e. The first kappa shape index (κ1) is 41.8. The molecule has 19 heteroatoms. The molecule has 8 aliphatic rings. The van der Waals surface area contributed by atoms with Gasteiger partial charge in [0, 0.05) is 59.0 Å². The Morgan fingerprint density at radius 2 is 1.24 bits per heavy atom. The molecule has 2 aromatic heterocycles. The van der Waals surface area contributed by atoms with Crippen molar-refractivity contribution in [2.75, 3.05) is 7.11 Å². The first-order valence-corrected chi connectivity index (χ1v) is 23.2. The number of rotatable bonds is 11. The number of alkyl carbamates (subject to hydrolysis) is 1. The molecule has 2 saturated heterocycles. The second-order valence-electron chi connectivity index (χ2n) is 19.9. The van der Waals surface area contributed by atoms with Crippen LogP contribution in [0.1, 0.15) is 75.1 Å². The van der Waals surface area contributed by atoms with Crippen molar-refractivity contribution in [1.29, 1.82) is 0 Å². The van der Waals surface area contributed by atoms with E-state index in [-0.39, 0.29) is 66.7 Å². The van der Waals surface area contributed by atoms with Crippen LogP contribution in [0.3, 0.4) is 0 Å².